The molecule has 7 rings (SSSR count). The van der Waals surface area contributed by atoms with Crippen LogP contribution >= 0.6 is 19.4 Å². The Bertz CT molecular complexity index is 2140. The quantitative estimate of drug-likeness (QED) is 0.104. The van der Waals surface area contributed by atoms with Gasteiger partial charge in [-0.15, -0.1) is 0 Å². The van der Waals surface area contributed by atoms with Gasteiger partial charge in [0.2, 0.25) is 0 Å². The molecule has 2 N–H and O–H groups in total. The monoisotopic (exact) mass is 742 g/mol. The molecule has 3 heterocycles. The number of imidazole rings is 1. The predicted molar refractivity (Wildman–Crippen MR) is 191 cm³/mol. The lowest BCUT2D eigenvalue weighted by Crippen LogP contribution is -2.38. The Morgan fingerprint density at radius 2 is 1.50 bits per heavy atom. The van der Waals surface area contributed by atoms with E-state index in [9.17, 15) is 9.46 Å². The van der Waals surface area contributed by atoms with Gasteiger partial charge in [0.05, 0.1) is 38.3 Å². The maximum Gasteiger partial charge on any atom is 0.320 e. The van der Waals surface area contributed by atoms with Gasteiger partial charge in [0.25, 0.3) is 0 Å². The molecule has 0 saturated carbocycles. The summed E-state index contributed by atoms with van der Waals surface area (Å²) < 4.78 is 50.7. The Balaban J connectivity index is 1.28. The average Bonchev–Trinajstić information content (AvgIpc) is 3.78. The second kappa shape index (κ2) is 14.9. The number of benzene rings is 4. The van der Waals surface area contributed by atoms with Gasteiger partial charge in [0.1, 0.15) is 47.0 Å². The standard InChI is InChI=1S/C37H35ClN5O8P/c1-46-27-16-12-25(13-17-27)37(24-8-4-3-5-9-24,26-14-18-28(47-2)19-15-26)48-21-32-31(51-52(44,45)50-30-11-7-6-10-29(30)38)20-33(49-32)43-23-42-34-35(39)40-22-41-36(34)43/h3-19,22-23,31-33H,20-21H2,1-2H3,(H,44,45)(H2,39,40,41)/p-1/t31-,32+,33+/m0/s1. The first-order valence-corrected chi connectivity index (χ1v) is 18.0. The highest BCUT2D eigenvalue weighted by atomic mass is 35.5. The molecule has 2 aromatic heterocycles. The molecule has 1 saturated heterocycles. The van der Waals surface area contributed by atoms with Crippen LogP contribution in [0.2, 0.25) is 5.02 Å². The van der Waals surface area contributed by atoms with Crippen LogP contribution in [0, 0.1) is 0 Å². The van der Waals surface area contributed by atoms with Crippen LogP contribution in [0.1, 0.15) is 29.3 Å². The summed E-state index contributed by atoms with van der Waals surface area (Å²) in [5.41, 5.74) is 7.99. The van der Waals surface area contributed by atoms with Gasteiger partial charge in [0, 0.05) is 6.42 Å². The number of hydrogen-bond donors (Lipinski definition) is 1. The van der Waals surface area contributed by atoms with Gasteiger partial charge < -0.3 is 38.6 Å². The minimum Gasteiger partial charge on any atom is -0.746 e. The number of halogens is 1. The lowest BCUT2D eigenvalue weighted by atomic mass is 9.80. The van der Waals surface area contributed by atoms with Crippen LogP contribution in [0.25, 0.3) is 11.2 Å². The van der Waals surface area contributed by atoms with Crippen molar-refractivity contribution in [2.24, 2.45) is 0 Å². The SMILES string of the molecule is COc1ccc(C(OC[C@H]2O[C@@H](n3cnc4c(N)ncnc43)C[C@@H]2OP(=O)([O-])Oc2ccccc2Cl)(c2ccccc2)c2ccc(OC)cc2)cc1. The molecule has 1 fully saturated rings. The van der Waals surface area contributed by atoms with Gasteiger partial charge in [-0.25, -0.2) is 15.0 Å². The summed E-state index contributed by atoms with van der Waals surface area (Å²) in [6.45, 7) is -0.135. The lowest BCUT2D eigenvalue weighted by molar-refractivity contribution is -0.223. The molecular formula is C37H34ClN5O8P-. The van der Waals surface area contributed by atoms with Crippen molar-refractivity contribution in [3.8, 4) is 17.2 Å². The summed E-state index contributed by atoms with van der Waals surface area (Å²) in [6, 6.07) is 31.0. The van der Waals surface area contributed by atoms with Gasteiger partial charge in [-0.2, -0.15) is 0 Å². The molecule has 13 nitrogen and oxygen atoms in total. The summed E-state index contributed by atoms with van der Waals surface area (Å²) >= 11 is 6.21. The number of fused-ring (bicyclic) bond motifs is 1. The number of anilines is 1. The summed E-state index contributed by atoms with van der Waals surface area (Å²) in [5.74, 6) is 1.45. The van der Waals surface area contributed by atoms with E-state index in [1.165, 1.54) is 24.8 Å². The highest BCUT2D eigenvalue weighted by Gasteiger charge is 2.44. The Kier molecular flexibility index (Phi) is 10.2. The molecule has 0 amide bonds. The van der Waals surface area contributed by atoms with Crippen LogP contribution in [0.15, 0.2) is 116 Å². The van der Waals surface area contributed by atoms with E-state index < -0.39 is 31.9 Å². The number of nitrogens with zero attached hydrogens (tertiary/aromatic N) is 4. The van der Waals surface area contributed by atoms with Gasteiger partial charge >= 0.3 is 7.82 Å². The third-order valence-electron chi connectivity index (χ3n) is 8.83. The average molecular weight is 743 g/mol. The summed E-state index contributed by atoms with van der Waals surface area (Å²) in [7, 11) is -1.81. The molecule has 1 aliphatic rings. The fourth-order valence-electron chi connectivity index (χ4n) is 6.32. The number of aromatic nitrogens is 4. The Hall–Kier alpha value is -5.01. The number of phosphoric acid groups is 1. The highest BCUT2D eigenvalue weighted by molar-refractivity contribution is 7.46. The topological polar surface area (TPSA) is 165 Å². The zero-order chi connectivity index (χ0) is 36.3. The van der Waals surface area contributed by atoms with Crippen LogP contribution in [0.5, 0.6) is 17.2 Å². The molecule has 0 radical (unpaired) electrons. The first-order chi connectivity index (χ1) is 25.2. The second-order valence-corrected chi connectivity index (χ2v) is 13.6. The third kappa shape index (κ3) is 7.07. The number of para-hydroxylation sites is 1. The molecule has 1 aliphatic heterocycles. The fourth-order valence-corrected chi connectivity index (χ4v) is 7.55. The van der Waals surface area contributed by atoms with Crippen molar-refractivity contribution < 1.29 is 37.5 Å². The molecule has 268 valence electrons. The minimum atomic E-state index is -5.01. The normalized spacial score (nSPS) is 18.6. The van der Waals surface area contributed by atoms with Gasteiger partial charge in [-0.05, 0) is 53.1 Å². The number of hydrogen-bond acceptors (Lipinski definition) is 12. The van der Waals surface area contributed by atoms with Crippen molar-refractivity contribution >= 4 is 36.4 Å². The number of phosphoric ester groups is 1. The van der Waals surface area contributed by atoms with Gasteiger partial charge in [-0.3, -0.25) is 9.13 Å². The van der Waals surface area contributed by atoms with Crippen molar-refractivity contribution in [2.45, 2.75) is 30.5 Å². The number of rotatable bonds is 13. The molecule has 0 aliphatic carbocycles. The Morgan fingerprint density at radius 1 is 0.885 bits per heavy atom. The maximum atomic E-state index is 13.4. The molecular weight excluding hydrogens is 709 g/mol. The molecule has 52 heavy (non-hydrogen) atoms. The van der Waals surface area contributed by atoms with Crippen molar-refractivity contribution in [2.75, 3.05) is 26.6 Å². The van der Waals surface area contributed by atoms with E-state index in [2.05, 4.69) is 15.0 Å². The number of nitrogen functional groups attached to an aromatic ring is 1. The maximum absolute atomic E-state index is 13.4. The van der Waals surface area contributed by atoms with Crippen molar-refractivity contribution in [1.82, 2.24) is 19.5 Å². The van der Waals surface area contributed by atoms with E-state index in [0.717, 1.165) is 16.7 Å². The molecule has 15 heteroatoms. The fraction of sp³-hybridized carbons (Fsp3) is 0.216. The van der Waals surface area contributed by atoms with Crippen LogP contribution < -0.4 is 24.6 Å². The number of ether oxygens (including phenoxy) is 4. The van der Waals surface area contributed by atoms with Crippen LogP contribution in [0.4, 0.5) is 5.82 Å². The van der Waals surface area contributed by atoms with E-state index in [-0.39, 0.29) is 29.6 Å². The molecule has 0 spiro atoms. The molecule has 1 unspecified atom stereocenters. The molecule has 4 atom stereocenters. The molecule has 0 bridgehead atoms. The van der Waals surface area contributed by atoms with Crippen LogP contribution in [0.3, 0.4) is 0 Å². The van der Waals surface area contributed by atoms with Crippen LogP contribution in [-0.2, 0) is 24.2 Å². The largest absolute Gasteiger partial charge is 0.746 e. The first-order valence-electron chi connectivity index (χ1n) is 16.2. The highest BCUT2D eigenvalue weighted by Crippen LogP contribution is 2.48. The lowest BCUT2D eigenvalue weighted by Gasteiger charge is -2.37. The third-order valence-corrected chi connectivity index (χ3v) is 10.1. The first kappa shape index (κ1) is 35.4. The molecule has 4 aromatic carbocycles. The number of nitrogens with two attached hydrogens (primary N) is 1. The van der Waals surface area contributed by atoms with Crippen LogP contribution in [-0.4, -0.2) is 52.6 Å². The Labute approximate surface area is 304 Å². The second-order valence-electron chi connectivity index (χ2n) is 11.9. The minimum absolute atomic E-state index is 0.0604. The van der Waals surface area contributed by atoms with Crippen molar-refractivity contribution in [1.29, 1.82) is 0 Å². The Morgan fingerprint density at radius 3 is 2.13 bits per heavy atom. The zero-order valence-electron chi connectivity index (χ0n) is 28.1. The van der Waals surface area contributed by atoms with Crippen molar-refractivity contribution in [3.63, 3.8) is 0 Å². The van der Waals surface area contributed by atoms with E-state index in [4.69, 9.17) is 45.3 Å². The summed E-state index contributed by atoms with van der Waals surface area (Å²) in [4.78, 5) is 26.2. The van der Waals surface area contributed by atoms with Crippen molar-refractivity contribution in [3.05, 3.63) is 137 Å². The van der Waals surface area contributed by atoms with Gasteiger partial charge in [0.15, 0.2) is 11.5 Å². The zero-order valence-corrected chi connectivity index (χ0v) is 29.7. The van der Waals surface area contributed by atoms with Gasteiger partial charge in [-0.1, -0.05) is 78.3 Å². The summed E-state index contributed by atoms with van der Waals surface area (Å²) in [5, 5.41) is 0.108. The molecule has 6 aromatic rings. The van der Waals surface area contributed by atoms with E-state index in [1.54, 1.807) is 30.9 Å². The van der Waals surface area contributed by atoms with E-state index in [0.29, 0.717) is 22.7 Å². The van der Waals surface area contributed by atoms with E-state index in [1.807, 2.05) is 78.9 Å². The number of methoxy groups -OCH3 is 2. The smallest absolute Gasteiger partial charge is 0.320 e. The summed E-state index contributed by atoms with van der Waals surface area (Å²) in [6.07, 6.45) is 0.101. The predicted octanol–water partition coefficient (Wildman–Crippen LogP) is 6.31. The van der Waals surface area contributed by atoms with E-state index >= 15 is 0 Å².